The van der Waals surface area contributed by atoms with Crippen LogP contribution in [0.4, 0.5) is 0 Å². The van der Waals surface area contributed by atoms with Gasteiger partial charge >= 0.3 is 0 Å². The molecule has 1 aliphatic heterocycles. The molecule has 6 heteroatoms. The topological polar surface area (TPSA) is 57.4 Å². The van der Waals surface area contributed by atoms with Crippen LogP contribution in [0.2, 0.25) is 0 Å². The molecule has 0 amide bonds. The molecular formula is C23H31N3O2S. The van der Waals surface area contributed by atoms with Crippen molar-refractivity contribution in [3.05, 3.63) is 45.2 Å². The summed E-state index contributed by atoms with van der Waals surface area (Å²) in [4.78, 5) is 18.1. The van der Waals surface area contributed by atoms with Crippen LogP contribution in [0.25, 0.3) is 10.9 Å². The van der Waals surface area contributed by atoms with Gasteiger partial charge in [0.2, 0.25) is 0 Å². The van der Waals surface area contributed by atoms with Gasteiger partial charge in [-0.05, 0) is 86.5 Å². The molecule has 1 aliphatic carbocycles. The van der Waals surface area contributed by atoms with Gasteiger partial charge in [0, 0.05) is 30.3 Å². The lowest BCUT2D eigenvalue weighted by Gasteiger charge is -2.32. The number of fused-ring (bicyclic) bond motifs is 1. The highest BCUT2D eigenvalue weighted by Gasteiger charge is 2.26. The molecule has 0 radical (unpaired) electrons. The summed E-state index contributed by atoms with van der Waals surface area (Å²) < 4.78 is 5.72. The Balaban J connectivity index is 1.56. The number of aromatic nitrogens is 1. The number of hydrogen-bond donors (Lipinski definition) is 2. The molecule has 1 atom stereocenters. The highest BCUT2D eigenvalue weighted by atomic mass is 32.1. The lowest BCUT2D eigenvalue weighted by molar-refractivity contribution is 0.113. The number of nitrogens with one attached hydrogen (secondary N) is 2. The van der Waals surface area contributed by atoms with Crippen molar-refractivity contribution in [1.82, 2.24) is 15.2 Å². The molecule has 1 aromatic carbocycles. The maximum Gasteiger partial charge on any atom is 0.253 e. The minimum absolute atomic E-state index is 0.0225. The zero-order valence-electron chi connectivity index (χ0n) is 17.4. The van der Waals surface area contributed by atoms with Gasteiger partial charge < -0.3 is 19.9 Å². The summed E-state index contributed by atoms with van der Waals surface area (Å²) in [6, 6.07) is 6.64. The lowest BCUT2D eigenvalue weighted by Crippen LogP contribution is -2.47. The molecule has 29 heavy (non-hydrogen) atoms. The lowest BCUT2D eigenvalue weighted by atomic mass is 10.0. The van der Waals surface area contributed by atoms with Crippen LogP contribution in [0.1, 0.15) is 55.2 Å². The number of aromatic amines is 1. The van der Waals surface area contributed by atoms with Crippen molar-refractivity contribution < 1.29 is 4.74 Å². The number of benzene rings is 1. The van der Waals surface area contributed by atoms with Crippen molar-refractivity contribution in [3.8, 4) is 0 Å². The number of ether oxygens (including phenoxy) is 1. The summed E-state index contributed by atoms with van der Waals surface area (Å²) in [5, 5.41) is 5.23. The Bertz CT molecular complexity index is 943. The third-order valence-electron chi connectivity index (χ3n) is 6.41. The number of hydrogen-bond acceptors (Lipinski definition) is 3. The normalized spacial score (nSPS) is 19.7. The van der Waals surface area contributed by atoms with Crippen molar-refractivity contribution in [2.24, 2.45) is 0 Å². The van der Waals surface area contributed by atoms with Crippen molar-refractivity contribution in [1.29, 1.82) is 0 Å². The van der Waals surface area contributed by atoms with E-state index in [-0.39, 0.29) is 11.7 Å². The maximum atomic E-state index is 12.8. The molecule has 2 fully saturated rings. The van der Waals surface area contributed by atoms with Crippen LogP contribution < -0.4 is 10.9 Å². The second-order valence-corrected chi connectivity index (χ2v) is 8.92. The van der Waals surface area contributed by atoms with E-state index in [1.54, 1.807) is 0 Å². The van der Waals surface area contributed by atoms with Gasteiger partial charge in [0.05, 0.1) is 12.6 Å². The van der Waals surface area contributed by atoms with E-state index in [2.05, 4.69) is 41.2 Å². The van der Waals surface area contributed by atoms with Crippen LogP contribution in [-0.2, 0) is 11.3 Å². The Labute approximate surface area is 177 Å². The van der Waals surface area contributed by atoms with E-state index in [9.17, 15) is 4.79 Å². The quantitative estimate of drug-likeness (QED) is 0.727. The standard InChI is InChI=1S/C23H31N3O2S/c1-15-10-17-12-18(22(27)25-21(17)11-16(15)2)14-26(19-6-3-4-7-19)23(29)24-13-20-8-5-9-28-20/h10-12,19-20H,3-9,13-14H2,1-2H3,(H,24,29)(H,25,27)/t20-/m1/s1. The van der Waals surface area contributed by atoms with E-state index in [4.69, 9.17) is 17.0 Å². The van der Waals surface area contributed by atoms with Crippen molar-refractivity contribution in [3.63, 3.8) is 0 Å². The van der Waals surface area contributed by atoms with Gasteiger partial charge in [0.15, 0.2) is 5.11 Å². The molecule has 0 unspecified atom stereocenters. The first-order valence-electron chi connectivity index (χ1n) is 10.8. The molecule has 2 N–H and O–H groups in total. The highest BCUT2D eigenvalue weighted by Crippen LogP contribution is 2.26. The molecule has 2 aromatic rings. The van der Waals surface area contributed by atoms with Crippen LogP contribution in [0.5, 0.6) is 0 Å². The number of thiocarbonyl (C=S) groups is 1. The summed E-state index contributed by atoms with van der Waals surface area (Å²) in [7, 11) is 0. The number of H-pyrrole nitrogens is 1. The highest BCUT2D eigenvalue weighted by molar-refractivity contribution is 7.80. The molecule has 1 aromatic heterocycles. The molecule has 0 bridgehead atoms. The molecular weight excluding hydrogens is 382 g/mol. The average Bonchev–Trinajstić information content (AvgIpc) is 3.40. The molecule has 5 nitrogen and oxygen atoms in total. The van der Waals surface area contributed by atoms with Crippen LogP contribution in [0.3, 0.4) is 0 Å². The number of pyridine rings is 1. The molecule has 156 valence electrons. The summed E-state index contributed by atoms with van der Waals surface area (Å²) in [5.74, 6) is 0. The van der Waals surface area contributed by atoms with Gasteiger partial charge in [-0.15, -0.1) is 0 Å². The minimum Gasteiger partial charge on any atom is -0.376 e. The molecule has 2 heterocycles. The van der Waals surface area contributed by atoms with Crippen LogP contribution >= 0.6 is 12.2 Å². The van der Waals surface area contributed by atoms with Gasteiger partial charge in [-0.25, -0.2) is 0 Å². The molecule has 1 saturated carbocycles. The van der Waals surface area contributed by atoms with Crippen molar-refractivity contribution in [2.45, 2.75) is 71.1 Å². The van der Waals surface area contributed by atoms with E-state index in [0.29, 0.717) is 12.6 Å². The van der Waals surface area contributed by atoms with Gasteiger partial charge in [-0.2, -0.15) is 0 Å². The van der Waals surface area contributed by atoms with E-state index in [1.807, 2.05) is 6.07 Å². The van der Waals surface area contributed by atoms with Crippen LogP contribution in [0, 0.1) is 13.8 Å². The summed E-state index contributed by atoms with van der Waals surface area (Å²) in [6.07, 6.45) is 7.16. The van der Waals surface area contributed by atoms with E-state index in [0.717, 1.165) is 60.4 Å². The first kappa shape index (κ1) is 20.4. The van der Waals surface area contributed by atoms with E-state index in [1.165, 1.54) is 24.0 Å². The maximum absolute atomic E-state index is 12.8. The van der Waals surface area contributed by atoms with Gasteiger partial charge in [0.25, 0.3) is 5.56 Å². The molecule has 2 aliphatic rings. The number of nitrogens with zero attached hydrogens (tertiary/aromatic N) is 1. The van der Waals surface area contributed by atoms with Crippen LogP contribution in [-0.4, -0.2) is 40.3 Å². The Kier molecular flexibility index (Phi) is 6.20. The second-order valence-electron chi connectivity index (χ2n) is 8.53. The fraction of sp³-hybridized carbons (Fsp3) is 0.565. The summed E-state index contributed by atoms with van der Waals surface area (Å²) in [5.41, 5.74) is 4.07. The minimum atomic E-state index is -0.0225. The van der Waals surface area contributed by atoms with Gasteiger partial charge in [0.1, 0.15) is 0 Å². The van der Waals surface area contributed by atoms with Crippen molar-refractivity contribution in [2.75, 3.05) is 13.2 Å². The average molecular weight is 414 g/mol. The molecule has 4 rings (SSSR count). The SMILES string of the molecule is Cc1cc2cc(CN(C(=S)NC[C@H]3CCCO3)C3CCCC3)c(=O)[nH]c2cc1C. The third-order valence-corrected chi connectivity index (χ3v) is 6.79. The summed E-state index contributed by atoms with van der Waals surface area (Å²) in [6.45, 7) is 6.31. The van der Waals surface area contributed by atoms with E-state index >= 15 is 0 Å². The predicted octanol–water partition coefficient (Wildman–Crippen LogP) is 3.94. The fourth-order valence-corrected chi connectivity index (χ4v) is 4.81. The number of rotatable bonds is 5. The Hall–Kier alpha value is -1.92. The zero-order chi connectivity index (χ0) is 20.4. The zero-order valence-corrected chi connectivity index (χ0v) is 18.2. The predicted molar refractivity (Wildman–Crippen MR) is 121 cm³/mol. The van der Waals surface area contributed by atoms with Crippen LogP contribution in [0.15, 0.2) is 23.0 Å². The molecule has 0 spiro atoms. The third kappa shape index (κ3) is 4.64. The first-order valence-corrected chi connectivity index (χ1v) is 11.2. The Morgan fingerprint density at radius 1 is 1.17 bits per heavy atom. The second kappa shape index (κ2) is 8.84. The first-order chi connectivity index (χ1) is 14.0. The smallest absolute Gasteiger partial charge is 0.253 e. The fourth-order valence-electron chi connectivity index (χ4n) is 4.51. The Morgan fingerprint density at radius 3 is 2.66 bits per heavy atom. The largest absolute Gasteiger partial charge is 0.376 e. The Morgan fingerprint density at radius 2 is 1.93 bits per heavy atom. The molecule has 1 saturated heterocycles. The van der Waals surface area contributed by atoms with Gasteiger partial charge in [-0.3, -0.25) is 4.79 Å². The van der Waals surface area contributed by atoms with Crippen molar-refractivity contribution >= 4 is 28.2 Å². The summed E-state index contributed by atoms with van der Waals surface area (Å²) >= 11 is 5.77. The van der Waals surface area contributed by atoms with E-state index < -0.39 is 0 Å². The number of aryl methyl sites for hydroxylation is 2. The van der Waals surface area contributed by atoms with Gasteiger partial charge in [-0.1, -0.05) is 12.8 Å². The monoisotopic (exact) mass is 413 g/mol.